The molecule has 0 aromatic rings. The molecule has 0 aromatic carbocycles. The van der Waals surface area contributed by atoms with Crippen molar-refractivity contribution in [3.05, 3.63) is 35.3 Å². The van der Waals surface area contributed by atoms with Crippen LogP contribution in [0.2, 0.25) is 0 Å². The zero-order valence-electron chi connectivity index (χ0n) is 13.6. The van der Waals surface area contributed by atoms with Crippen LogP contribution in [0.5, 0.6) is 0 Å². The second-order valence-electron chi connectivity index (χ2n) is 6.07. The molecule has 0 bridgehead atoms. The normalized spacial score (nSPS) is 32.9. The van der Waals surface area contributed by atoms with Crippen molar-refractivity contribution in [2.24, 2.45) is 11.8 Å². The van der Waals surface area contributed by atoms with Crippen molar-refractivity contribution in [2.75, 3.05) is 6.54 Å². The van der Waals surface area contributed by atoms with Crippen molar-refractivity contribution in [1.82, 2.24) is 4.90 Å². The fourth-order valence-electron chi connectivity index (χ4n) is 2.67. The van der Waals surface area contributed by atoms with E-state index < -0.39 is 0 Å². The Morgan fingerprint density at radius 1 is 1.32 bits per heavy atom. The Morgan fingerprint density at radius 3 is 2.47 bits per heavy atom. The van der Waals surface area contributed by atoms with Gasteiger partial charge in [0.15, 0.2) is 0 Å². The Hall–Kier alpha value is -1.00. The van der Waals surface area contributed by atoms with Gasteiger partial charge in [-0.15, -0.1) is 0 Å². The summed E-state index contributed by atoms with van der Waals surface area (Å²) >= 11 is 0. The zero-order chi connectivity index (χ0) is 14.6. The first-order valence-electron chi connectivity index (χ1n) is 7.41. The van der Waals surface area contributed by atoms with E-state index in [1.54, 1.807) is 0 Å². The van der Waals surface area contributed by atoms with Gasteiger partial charge in [0.05, 0.1) is 5.54 Å². The number of nitrogens with zero attached hydrogens (tertiary/aromatic N) is 1. The molecule has 0 aromatic heterocycles. The second-order valence-corrected chi connectivity index (χ2v) is 6.07. The summed E-state index contributed by atoms with van der Waals surface area (Å²) in [5, 5.41) is 0. The van der Waals surface area contributed by atoms with Gasteiger partial charge in [0.2, 0.25) is 0 Å². The first-order valence-corrected chi connectivity index (χ1v) is 7.41. The van der Waals surface area contributed by atoms with E-state index in [0.717, 1.165) is 6.54 Å². The predicted octanol–water partition coefficient (Wildman–Crippen LogP) is 4.57. The predicted molar refractivity (Wildman–Crippen MR) is 84.2 cm³/mol. The fraction of sp³-hybridized carbons (Fsp3) is 0.667. The molecule has 1 heterocycles. The Balaban J connectivity index is 2.68. The monoisotopic (exact) mass is 259 g/mol. The Labute approximate surface area is 119 Å². The van der Waals surface area contributed by atoms with E-state index in [-0.39, 0.29) is 5.54 Å². The molecule has 1 aliphatic rings. The summed E-state index contributed by atoms with van der Waals surface area (Å²) in [6, 6.07) is 0.610. The number of allylic oxidation sites excluding steroid dienone is 3. The third kappa shape index (κ3) is 3.51. The highest BCUT2D eigenvalue weighted by atomic mass is 15.4. The molecule has 1 saturated heterocycles. The average Bonchev–Trinajstić information content (AvgIpc) is 2.90. The van der Waals surface area contributed by atoms with Crippen molar-refractivity contribution >= 4 is 0 Å². The molecule has 5 atom stereocenters. The molecule has 106 valence electrons. The maximum absolute atomic E-state index is 3.15. The van der Waals surface area contributed by atoms with Gasteiger partial charge in [-0.25, -0.2) is 0 Å². The number of rotatable bonds is 5. The van der Waals surface area contributed by atoms with Gasteiger partial charge in [-0.1, -0.05) is 37.0 Å². The molecular formula is C18H29N. The quantitative estimate of drug-likeness (QED) is 0.397. The largest absolute Gasteiger partial charge is 0.287 e. The van der Waals surface area contributed by atoms with E-state index in [1.165, 1.54) is 5.57 Å². The van der Waals surface area contributed by atoms with Gasteiger partial charge in [0.1, 0.15) is 0 Å². The van der Waals surface area contributed by atoms with Crippen molar-refractivity contribution < 1.29 is 0 Å². The first kappa shape index (κ1) is 16.1. The van der Waals surface area contributed by atoms with Crippen LogP contribution in [0.15, 0.2) is 35.3 Å². The Kier molecular flexibility index (Phi) is 5.44. The van der Waals surface area contributed by atoms with Crippen LogP contribution in [0.1, 0.15) is 48.5 Å². The third-order valence-electron chi connectivity index (χ3n) is 4.97. The minimum absolute atomic E-state index is 0.174. The standard InChI is InChI=1S/C18H29N/c1-8-10-11-12-18(7)17(6)19(18)13-15(4)16(5)14(3)9-2/h8-9,12,15-17H,13H2,1-7H3. The highest BCUT2D eigenvalue weighted by molar-refractivity contribution is 5.23. The smallest absolute Gasteiger partial charge is 0.0600 e. The van der Waals surface area contributed by atoms with Crippen LogP contribution >= 0.6 is 0 Å². The van der Waals surface area contributed by atoms with Crippen molar-refractivity contribution in [1.29, 1.82) is 0 Å². The minimum Gasteiger partial charge on any atom is -0.287 e. The lowest BCUT2D eigenvalue weighted by atomic mass is 9.89. The molecule has 1 heteroatoms. The Bertz CT molecular complexity index is 433. The van der Waals surface area contributed by atoms with E-state index in [0.29, 0.717) is 17.9 Å². The summed E-state index contributed by atoms with van der Waals surface area (Å²) in [6.45, 7) is 16.8. The van der Waals surface area contributed by atoms with Crippen LogP contribution < -0.4 is 0 Å². The van der Waals surface area contributed by atoms with Crippen molar-refractivity contribution in [2.45, 2.75) is 60.0 Å². The van der Waals surface area contributed by atoms with Gasteiger partial charge in [0, 0.05) is 12.6 Å². The van der Waals surface area contributed by atoms with Gasteiger partial charge < -0.3 is 0 Å². The SMILES string of the molecule is CC=C=C=CC1(C)C(C)N1CC(C)C(C)C(C)=CC. The van der Waals surface area contributed by atoms with E-state index in [4.69, 9.17) is 0 Å². The minimum atomic E-state index is 0.174. The van der Waals surface area contributed by atoms with Crippen molar-refractivity contribution in [3.8, 4) is 0 Å². The summed E-state index contributed by atoms with van der Waals surface area (Å²) in [5.74, 6) is 1.33. The van der Waals surface area contributed by atoms with Crippen LogP contribution in [0.4, 0.5) is 0 Å². The molecule has 1 fully saturated rings. The highest BCUT2D eigenvalue weighted by Crippen LogP contribution is 2.43. The molecule has 5 unspecified atom stereocenters. The molecule has 0 N–H and O–H groups in total. The Morgan fingerprint density at radius 2 is 1.95 bits per heavy atom. The molecule has 1 nitrogen and oxygen atoms in total. The maximum Gasteiger partial charge on any atom is 0.0600 e. The van der Waals surface area contributed by atoms with Crippen LogP contribution in [0, 0.1) is 11.8 Å². The van der Waals surface area contributed by atoms with Gasteiger partial charge in [-0.2, -0.15) is 0 Å². The summed E-state index contributed by atoms with van der Waals surface area (Å²) in [7, 11) is 0. The number of hydrogen-bond acceptors (Lipinski definition) is 1. The topological polar surface area (TPSA) is 3.01 Å². The van der Waals surface area contributed by atoms with Crippen LogP contribution in [-0.2, 0) is 0 Å². The molecule has 0 aliphatic carbocycles. The molecule has 1 aliphatic heterocycles. The average molecular weight is 259 g/mol. The van der Waals surface area contributed by atoms with E-state index in [1.807, 2.05) is 13.0 Å². The molecule has 0 spiro atoms. The number of hydrogen-bond donors (Lipinski definition) is 0. The van der Waals surface area contributed by atoms with Gasteiger partial charge in [-0.3, -0.25) is 4.90 Å². The van der Waals surface area contributed by atoms with Crippen molar-refractivity contribution in [3.63, 3.8) is 0 Å². The van der Waals surface area contributed by atoms with Crippen LogP contribution in [0.25, 0.3) is 0 Å². The zero-order valence-corrected chi connectivity index (χ0v) is 13.6. The van der Waals surface area contributed by atoms with Gasteiger partial charge >= 0.3 is 0 Å². The summed E-state index contributed by atoms with van der Waals surface area (Å²) < 4.78 is 0. The summed E-state index contributed by atoms with van der Waals surface area (Å²) in [5.41, 5.74) is 7.84. The molecule has 0 radical (unpaired) electrons. The van der Waals surface area contributed by atoms with Gasteiger partial charge in [0.25, 0.3) is 0 Å². The van der Waals surface area contributed by atoms with Gasteiger partial charge in [-0.05, 0) is 58.6 Å². The lowest BCUT2D eigenvalue weighted by Gasteiger charge is -2.22. The lowest BCUT2D eigenvalue weighted by Crippen LogP contribution is -2.22. The van der Waals surface area contributed by atoms with Crippen LogP contribution in [0.3, 0.4) is 0 Å². The molecule has 0 amide bonds. The molecule has 19 heavy (non-hydrogen) atoms. The van der Waals surface area contributed by atoms with Crippen LogP contribution in [-0.4, -0.2) is 23.0 Å². The molecule has 0 saturated carbocycles. The molecule has 1 rings (SSSR count). The molecular weight excluding hydrogens is 230 g/mol. The lowest BCUT2D eigenvalue weighted by molar-refractivity contribution is 0.323. The maximum atomic E-state index is 3.15. The fourth-order valence-corrected chi connectivity index (χ4v) is 2.67. The third-order valence-corrected chi connectivity index (χ3v) is 4.97. The summed E-state index contributed by atoms with van der Waals surface area (Å²) in [4.78, 5) is 2.56. The first-order chi connectivity index (χ1) is 8.88. The second kappa shape index (κ2) is 6.44. The highest BCUT2D eigenvalue weighted by Gasteiger charge is 2.54. The van der Waals surface area contributed by atoms with E-state index >= 15 is 0 Å². The van der Waals surface area contributed by atoms with E-state index in [9.17, 15) is 0 Å². The van der Waals surface area contributed by atoms with E-state index in [2.05, 4.69) is 70.1 Å². The summed E-state index contributed by atoms with van der Waals surface area (Å²) in [6.07, 6.45) is 6.30.